The number of rotatable bonds is 4. The van der Waals surface area contributed by atoms with Gasteiger partial charge in [-0.1, -0.05) is 6.92 Å². The van der Waals surface area contributed by atoms with Crippen molar-refractivity contribution in [2.45, 2.75) is 32.3 Å². The first-order valence-electron chi connectivity index (χ1n) is 7.52. The number of aryl methyl sites for hydroxylation is 1. The molecule has 0 aromatic carbocycles. The van der Waals surface area contributed by atoms with E-state index in [-0.39, 0.29) is 12.0 Å². The van der Waals surface area contributed by atoms with Crippen molar-refractivity contribution in [3.8, 4) is 6.01 Å². The number of hydrogen-bond donors (Lipinski definition) is 1. The lowest BCUT2D eigenvalue weighted by Gasteiger charge is -2.32. The van der Waals surface area contributed by atoms with Crippen molar-refractivity contribution in [3.05, 3.63) is 35.9 Å². The van der Waals surface area contributed by atoms with E-state index in [1.54, 1.807) is 29.7 Å². The standard InChI is InChI=1S/C15H19N5O2/c1-2-11-6-16-15(17-7-11)22-13-4-3-5-20(10-13)14(21)12-8-18-19-9-12/h6-9,13H,2-5,10H2,1H3,(H,18,19). The molecule has 1 saturated heterocycles. The summed E-state index contributed by atoms with van der Waals surface area (Å²) >= 11 is 0. The van der Waals surface area contributed by atoms with Crippen LogP contribution in [-0.4, -0.2) is 50.2 Å². The minimum Gasteiger partial charge on any atom is -0.458 e. The highest BCUT2D eigenvalue weighted by atomic mass is 16.5. The Morgan fingerprint density at radius 1 is 1.41 bits per heavy atom. The first-order chi connectivity index (χ1) is 10.8. The number of likely N-dealkylation sites (tertiary alicyclic amines) is 1. The summed E-state index contributed by atoms with van der Waals surface area (Å²) < 4.78 is 5.81. The summed E-state index contributed by atoms with van der Waals surface area (Å²) in [7, 11) is 0. The number of piperidine rings is 1. The smallest absolute Gasteiger partial charge is 0.316 e. The fourth-order valence-corrected chi connectivity index (χ4v) is 2.50. The lowest BCUT2D eigenvalue weighted by atomic mass is 10.1. The molecule has 0 aliphatic carbocycles. The summed E-state index contributed by atoms with van der Waals surface area (Å²) in [5.74, 6) is -0.0238. The molecule has 7 heteroatoms. The fourth-order valence-electron chi connectivity index (χ4n) is 2.50. The Morgan fingerprint density at radius 2 is 2.23 bits per heavy atom. The molecule has 1 atom stereocenters. The quantitative estimate of drug-likeness (QED) is 0.924. The maximum Gasteiger partial charge on any atom is 0.316 e. The van der Waals surface area contributed by atoms with Gasteiger partial charge in [0.15, 0.2) is 0 Å². The third-order valence-corrected chi connectivity index (χ3v) is 3.77. The van der Waals surface area contributed by atoms with Crippen LogP contribution in [0, 0.1) is 0 Å². The number of nitrogens with zero attached hydrogens (tertiary/aromatic N) is 4. The third kappa shape index (κ3) is 3.24. The van der Waals surface area contributed by atoms with Crippen LogP contribution < -0.4 is 4.74 Å². The van der Waals surface area contributed by atoms with E-state index in [1.165, 1.54) is 0 Å². The van der Waals surface area contributed by atoms with Gasteiger partial charge in [0.1, 0.15) is 6.10 Å². The molecule has 0 saturated carbocycles. The van der Waals surface area contributed by atoms with Gasteiger partial charge in [0.25, 0.3) is 5.91 Å². The van der Waals surface area contributed by atoms with Crippen LogP contribution in [0.5, 0.6) is 6.01 Å². The maximum absolute atomic E-state index is 12.3. The van der Waals surface area contributed by atoms with Crippen molar-refractivity contribution >= 4 is 5.91 Å². The van der Waals surface area contributed by atoms with Crippen molar-refractivity contribution in [3.63, 3.8) is 0 Å². The van der Waals surface area contributed by atoms with E-state index in [4.69, 9.17) is 4.74 Å². The Morgan fingerprint density at radius 3 is 2.91 bits per heavy atom. The number of carbonyl (C=O) groups excluding carboxylic acids is 1. The van der Waals surface area contributed by atoms with Crippen LogP contribution in [0.1, 0.15) is 35.7 Å². The SMILES string of the molecule is CCc1cnc(OC2CCCN(C(=O)c3cn[nH]c3)C2)nc1. The van der Waals surface area contributed by atoms with Gasteiger partial charge in [0.2, 0.25) is 0 Å². The maximum atomic E-state index is 12.3. The number of H-pyrrole nitrogens is 1. The van der Waals surface area contributed by atoms with Gasteiger partial charge in [-0.15, -0.1) is 0 Å². The van der Waals surface area contributed by atoms with Crippen LogP contribution in [0.15, 0.2) is 24.8 Å². The molecule has 22 heavy (non-hydrogen) atoms. The number of aromatic nitrogens is 4. The number of hydrogen-bond acceptors (Lipinski definition) is 5. The van der Waals surface area contributed by atoms with Gasteiger partial charge in [0, 0.05) is 25.1 Å². The minimum atomic E-state index is -0.0722. The lowest BCUT2D eigenvalue weighted by Crippen LogP contribution is -2.44. The zero-order chi connectivity index (χ0) is 15.4. The number of aromatic amines is 1. The average molecular weight is 301 g/mol. The molecule has 1 fully saturated rings. The van der Waals surface area contributed by atoms with Crippen molar-refractivity contribution in [1.29, 1.82) is 0 Å². The van der Waals surface area contributed by atoms with Gasteiger partial charge in [-0.3, -0.25) is 9.89 Å². The van der Waals surface area contributed by atoms with Gasteiger partial charge in [0.05, 0.1) is 18.3 Å². The molecule has 2 aromatic rings. The summed E-state index contributed by atoms with van der Waals surface area (Å²) in [6, 6.07) is 0.375. The van der Waals surface area contributed by atoms with Crippen LogP contribution in [0.2, 0.25) is 0 Å². The predicted molar refractivity (Wildman–Crippen MR) is 79.6 cm³/mol. The Kier molecular flexibility index (Phi) is 4.32. The van der Waals surface area contributed by atoms with Crippen molar-refractivity contribution < 1.29 is 9.53 Å². The molecular weight excluding hydrogens is 282 g/mol. The molecule has 1 aliphatic heterocycles. The number of amides is 1. The predicted octanol–water partition coefficient (Wildman–Crippen LogP) is 1.45. The fraction of sp³-hybridized carbons (Fsp3) is 0.467. The summed E-state index contributed by atoms with van der Waals surface area (Å²) in [6.07, 6.45) is 9.33. The second kappa shape index (κ2) is 6.55. The summed E-state index contributed by atoms with van der Waals surface area (Å²) in [5.41, 5.74) is 1.65. The highest BCUT2D eigenvalue weighted by Crippen LogP contribution is 2.17. The lowest BCUT2D eigenvalue weighted by molar-refractivity contribution is 0.0515. The monoisotopic (exact) mass is 301 g/mol. The second-order valence-corrected chi connectivity index (χ2v) is 5.35. The highest BCUT2D eigenvalue weighted by Gasteiger charge is 2.26. The van der Waals surface area contributed by atoms with Gasteiger partial charge in [-0.2, -0.15) is 5.10 Å². The van der Waals surface area contributed by atoms with E-state index < -0.39 is 0 Å². The molecule has 1 amide bonds. The Hall–Kier alpha value is -2.44. The summed E-state index contributed by atoms with van der Waals surface area (Å²) in [4.78, 5) is 22.5. The van der Waals surface area contributed by atoms with E-state index in [0.29, 0.717) is 18.1 Å². The molecule has 0 radical (unpaired) electrons. The van der Waals surface area contributed by atoms with Gasteiger partial charge < -0.3 is 9.64 Å². The van der Waals surface area contributed by atoms with Crippen LogP contribution in [0.3, 0.4) is 0 Å². The average Bonchev–Trinajstić information content (AvgIpc) is 3.09. The molecule has 0 spiro atoms. The first kappa shape index (κ1) is 14.5. The Balaban J connectivity index is 1.61. The summed E-state index contributed by atoms with van der Waals surface area (Å²) in [6.45, 7) is 3.34. The Bertz CT molecular complexity index is 611. The molecule has 1 N–H and O–H groups in total. The van der Waals surface area contributed by atoms with Gasteiger partial charge >= 0.3 is 6.01 Å². The van der Waals surface area contributed by atoms with E-state index in [1.807, 2.05) is 0 Å². The zero-order valence-electron chi connectivity index (χ0n) is 12.5. The molecule has 1 aliphatic rings. The van der Waals surface area contributed by atoms with Crippen molar-refractivity contribution in [2.75, 3.05) is 13.1 Å². The molecule has 3 rings (SSSR count). The highest BCUT2D eigenvalue weighted by molar-refractivity contribution is 5.93. The molecule has 2 aromatic heterocycles. The molecule has 0 bridgehead atoms. The number of carbonyl (C=O) groups is 1. The van der Waals surface area contributed by atoms with Crippen molar-refractivity contribution in [2.24, 2.45) is 0 Å². The second-order valence-electron chi connectivity index (χ2n) is 5.35. The number of ether oxygens (including phenoxy) is 1. The zero-order valence-corrected chi connectivity index (χ0v) is 12.5. The van der Waals surface area contributed by atoms with Crippen molar-refractivity contribution in [1.82, 2.24) is 25.1 Å². The molecule has 1 unspecified atom stereocenters. The molecule has 3 heterocycles. The Labute approximate surface area is 128 Å². The van der Waals surface area contributed by atoms with Crippen LogP contribution in [-0.2, 0) is 6.42 Å². The van der Waals surface area contributed by atoms with E-state index in [9.17, 15) is 4.79 Å². The summed E-state index contributed by atoms with van der Waals surface area (Å²) in [5, 5.41) is 6.48. The molecule has 7 nitrogen and oxygen atoms in total. The third-order valence-electron chi connectivity index (χ3n) is 3.77. The normalized spacial score (nSPS) is 18.2. The number of nitrogens with one attached hydrogen (secondary N) is 1. The van der Waals surface area contributed by atoms with E-state index >= 15 is 0 Å². The molecular formula is C15H19N5O2. The van der Waals surface area contributed by atoms with Crippen LogP contribution in [0.4, 0.5) is 0 Å². The van der Waals surface area contributed by atoms with Crippen LogP contribution >= 0.6 is 0 Å². The molecule has 116 valence electrons. The van der Waals surface area contributed by atoms with Crippen LogP contribution in [0.25, 0.3) is 0 Å². The largest absolute Gasteiger partial charge is 0.458 e. The van der Waals surface area contributed by atoms with Gasteiger partial charge in [-0.25, -0.2) is 9.97 Å². The minimum absolute atomic E-state index is 0.0238. The first-order valence-corrected chi connectivity index (χ1v) is 7.52. The topological polar surface area (TPSA) is 84.0 Å². The van der Waals surface area contributed by atoms with E-state index in [0.717, 1.165) is 31.4 Å². The van der Waals surface area contributed by atoms with Gasteiger partial charge in [-0.05, 0) is 24.8 Å². The van der Waals surface area contributed by atoms with E-state index in [2.05, 4.69) is 27.1 Å².